The number of carbonyl (C=O) groups is 1. The molecule has 1 aliphatic heterocycles. The highest BCUT2D eigenvalue weighted by Gasteiger charge is 2.28. The van der Waals surface area contributed by atoms with Gasteiger partial charge in [0.2, 0.25) is 0 Å². The lowest BCUT2D eigenvalue weighted by Crippen LogP contribution is -2.43. The highest BCUT2D eigenvalue weighted by Crippen LogP contribution is 2.31. The van der Waals surface area contributed by atoms with E-state index in [0.717, 1.165) is 46.9 Å². The van der Waals surface area contributed by atoms with Crippen LogP contribution in [0, 0.1) is 6.92 Å². The third-order valence-corrected chi connectivity index (χ3v) is 6.00. The second kappa shape index (κ2) is 6.28. The van der Waals surface area contributed by atoms with Crippen molar-refractivity contribution in [2.24, 2.45) is 0 Å². The topological polar surface area (TPSA) is 33.2 Å². The van der Waals surface area contributed by atoms with Gasteiger partial charge in [-0.2, -0.15) is 11.3 Å². The fourth-order valence-electron chi connectivity index (χ4n) is 2.93. The number of nitrogens with zero attached hydrogens (tertiary/aromatic N) is 2. The Labute approximate surface area is 133 Å². The second-order valence-corrected chi connectivity index (χ2v) is 7.28. The minimum absolute atomic E-state index is 0.179. The average Bonchev–Trinajstić information content (AvgIpc) is 3.15. The molecule has 21 heavy (non-hydrogen) atoms. The number of hydrogen-bond donors (Lipinski definition) is 0. The van der Waals surface area contributed by atoms with E-state index >= 15 is 0 Å². The van der Waals surface area contributed by atoms with Crippen LogP contribution >= 0.6 is 22.7 Å². The van der Waals surface area contributed by atoms with Crippen LogP contribution in [0.3, 0.4) is 0 Å². The van der Waals surface area contributed by atoms with Gasteiger partial charge in [-0.15, -0.1) is 11.3 Å². The van der Waals surface area contributed by atoms with E-state index in [0.29, 0.717) is 6.04 Å². The summed E-state index contributed by atoms with van der Waals surface area (Å²) in [7, 11) is 0. The van der Waals surface area contributed by atoms with Crippen molar-refractivity contribution < 1.29 is 4.79 Å². The normalized spacial score (nSPS) is 19.0. The molecule has 1 aliphatic rings. The zero-order valence-corrected chi connectivity index (χ0v) is 14.1. The quantitative estimate of drug-likeness (QED) is 0.829. The molecule has 112 valence electrons. The van der Waals surface area contributed by atoms with E-state index in [9.17, 15) is 4.79 Å². The van der Waals surface area contributed by atoms with Crippen molar-refractivity contribution in [3.05, 3.63) is 27.4 Å². The van der Waals surface area contributed by atoms with E-state index < -0.39 is 0 Å². The molecule has 1 unspecified atom stereocenters. The smallest absolute Gasteiger partial charge is 0.266 e. The summed E-state index contributed by atoms with van der Waals surface area (Å²) in [6.45, 7) is 5.01. The van der Waals surface area contributed by atoms with Crippen LogP contribution in [-0.4, -0.2) is 28.4 Å². The number of aryl methyl sites for hydroxylation is 1. The van der Waals surface area contributed by atoms with Crippen molar-refractivity contribution in [2.45, 2.75) is 45.6 Å². The molecule has 2 aromatic heterocycles. The van der Waals surface area contributed by atoms with Crippen molar-refractivity contribution in [1.29, 1.82) is 0 Å². The van der Waals surface area contributed by atoms with Crippen molar-refractivity contribution in [3.8, 4) is 10.6 Å². The van der Waals surface area contributed by atoms with Crippen LogP contribution in [0.1, 0.15) is 48.0 Å². The van der Waals surface area contributed by atoms with Gasteiger partial charge < -0.3 is 4.90 Å². The first-order valence-electron chi connectivity index (χ1n) is 7.51. The zero-order chi connectivity index (χ0) is 14.8. The summed E-state index contributed by atoms with van der Waals surface area (Å²) in [5.41, 5.74) is 1.99. The minimum atomic E-state index is 0.179. The summed E-state index contributed by atoms with van der Waals surface area (Å²) in [5.74, 6) is 0.179. The maximum Gasteiger partial charge on any atom is 0.266 e. The van der Waals surface area contributed by atoms with E-state index in [2.05, 4.69) is 28.3 Å². The van der Waals surface area contributed by atoms with Crippen molar-refractivity contribution >= 4 is 28.6 Å². The van der Waals surface area contributed by atoms with Gasteiger partial charge in [0, 0.05) is 23.5 Å². The molecule has 0 bridgehead atoms. The molecular formula is C16H20N2OS2. The van der Waals surface area contributed by atoms with Crippen molar-refractivity contribution in [1.82, 2.24) is 9.88 Å². The summed E-state index contributed by atoms with van der Waals surface area (Å²) in [6.07, 6.45) is 4.54. The number of carbonyl (C=O) groups excluding carboxylic acids is 1. The Morgan fingerprint density at radius 2 is 2.33 bits per heavy atom. The Hall–Kier alpha value is -1.20. The second-order valence-electron chi connectivity index (χ2n) is 5.50. The Kier molecular flexibility index (Phi) is 4.40. The molecule has 3 heterocycles. The molecule has 0 N–H and O–H groups in total. The van der Waals surface area contributed by atoms with E-state index in [-0.39, 0.29) is 5.91 Å². The molecule has 1 amide bonds. The van der Waals surface area contributed by atoms with E-state index in [1.165, 1.54) is 17.8 Å². The van der Waals surface area contributed by atoms with Gasteiger partial charge in [0.05, 0.1) is 5.69 Å². The highest BCUT2D eigenvalue weighted by molar-refractivity contribution is 7.17. The maximum absolute atomic E-state index is 12.9. The molecule has 0 spiro atoms. The van der Waals surface area contributed by atoms with Crippen molar-refractivity contribution in [2.75, 3.05) is 6.54 Å². The van der Waals surface area contributed by atoms with E-state index in [1.807, 2.05) is 12.3 Å². The van der Waals surface area contributed by atoms with Gasteiger partial charge in [0.25, 0.3) is 5.91 Å². The highest BCUT2D eigenvalue weighted by atomic mass is 32.1. The summed E-state index contributed by atoms with van der Waals surface area (Å²) in [5, 5.41) is 5.09. The molecule has 0 saturated carbocycles. The Bertz CT molecular complexity index is 618. The monoisotopic (exact) mass is 320 g/mol. The third-order valence-electron chi connectivity index (χ3n) is 4.12. The number of thiophene rings is 1. The Morgan fingerprint density at radius 1 is 1.48 bits per heavy atom. The van der Waals surface area contributed by atoms with Gasteiger partial charge in [-0.1, -0.05) is 6.92 Å². The third kappa shape index (κ3) is 2.90. The molecule has 2 aromatic rings. The van der Waals surface area contributed by atoms with E-state index in [1.54, 1.807) is 11.3 Å². The number of piperidine rings is 1. The van der Waals surface area contributed by atoms with Crippen LogP contribution in [0.5, 0.6) is 0 Å². The molecular weight excluding hydrogens is 300 g/mol. The van der Waals surface area contributed by atoms with Crippen LogP contribution in [0.2, 0.25) is 0 Å². The van der Waals surface area contributed by atoms with Gasteiger partial charge >= 0.3 is 0 Å². The van der Waals surface area contributed by atoms with Crippen LogP contribution in [-0.2, 0) is 0 Å². The molecule has 0 aromatic carbocycles. The first-order valence-corrected chi connectivity index (χ1v) is 9.27. The molecule has 3 rings (SSSR count). The van der Waals surface area contributed by atoms with Gasteiger partial charge in [-0.25, -0.2) is 4.98 Å². The van der Waals surface area contributed by atoms with Crippen LogP contribution in [0.4, 0.5) is 0 Å². The van der Waals surface area contributed by atoms with Gasteiger partial charge in [-0.3, -0.25) is 4.79 Å². The fourth-order valence-corrected chi connectivity index (χ4v) is 4.66. The predicted octanol–water partition coefficient (Wildman–Crippen LogP) is 4.58. The van der Waals surface area contributed by atoms with Crippen LogP contribution in [0.25, 0.3) is 10.6 Å². The number of likely N-dealkylation sites (tertiary alicyclic amines) is 1. The Morgan fingerprint density at radius 3 is 3.05 bits per heavy atom. The average molecular weight is 320 g/mol. The molecule has 0 radical (unpaired) electrons. The largest absolute Gasteiger partial charge is 0.335 e. The van der Waals surface area contributed by atoms with Crippen molar-refractivity contribution in [3.63, 3.8) is 0 Å². The SMILES string of the molecule is CCC1CCCCN1C(=O)c1sc(-c2ccsc2)nc1C. The molecule has 1 fully saturated rings. The molecule has 1 saturated heterocycles. The summed E-state index contributed by atoms with van der Waals surface area (Å²) in [6, 6.07) is 2.46. The standard InChI is InChI=1S/C16H20N2OS2/c1-3-13-6-4-5-8-18(13)16(19)14-11(2)17-15(21-14)12-7-9-20-10-12/h7,9-10,13H,3-6,8H2,1-2H3. The molecule has 3 nitrogen and oxygen atoms in total. The van der Waals surface area contributed by atoms with Gasteiger partial charge in [0.15, 0.2) is 0 Å². The first kappa shape index (κ1) is 14.7. The fraction of sp³-hybridized carbons (Fsp3) is 0.500. The van der Waals surface area contributed by atoms with Gasteiger partial charge in [-0.05, 0) is 44.1 Å². The lowest BCUT2D eigenvalue weighted by atomic mass is 10.00. The molecule has 1 atom stereocenters. The zero-order valence-electron chi connectivity index (χ0n) is 12.5. The Balaban J connectivity index is 1.87. The summed E-state index contributed by atoms with van der Waals surface area (Å²) < 4.78 is 0. The number of rotatable bonds is 3. The van der Waals surface area contributed by atoms with Crippen LogP contribution < -0.4 is 0 Å². The molecule has 5 heteroatoms. The number of amides is 1. The summed E-state index contributed by atoms with van der Waals surface area (Å²) in [4.78, 5) is 20.4. The van der Waals surface area contributed by atoms with E-state index in [4.69, 9.17) is 0 Å². The number of thiazole rings is 1. The minimum Gasteiger partial charge on any atom is -0.335 e. The number of aromatic nitrogens is 1. The lowest BCUT2D eigenvalue weighted by molar-refractivity contribution is 0.0612. The van der Waals surface area contributed by atoms with Gasteiger partial charge in [0.1, 0.15) is 9.88 Å². The molecule has 0 aliphatic carbocycles. The van der Waals surface area contributed by atoms with Crippen LogP contribution in [0.15, 0.2) is 16.8 Å². The number of hydrogen-bond acceptors (Lipinski definition) is 4. The predicted molar refractivity (Wildman–Crippen MR) is 89.1 cm³/mol. The first-order chi connectivity index (χ1) is 10.2. The lowest BCUT2D eigenvalue weighted by Gasteiger charge is -2.35. The maximum atomic E-state index is 12.9. The summed E-state index contributed by atoms with van der Waals surface area (Å²) >= 11 is 3.20.